The van der Waals surface area contributed by atoms with Gasteiger partial charge in [0.2, 0.25) is 0 Å². The molecule has 0 aliphatic rings. The molecule has 2 N–H and O–H groups in total. The molecule has 0 unspecified atom stereocenters. The molecule has 2 aromatic carbocycles. The van der Waals surface area contributed by atoms with Crippen LogP contribution in [-0.4, -0.2) is 16.2 Å². The van der Waals surface area contributed by atoms with Crippen molar-refractivity contribution in [1.82, 2.24) is 0 Å². The van der Waals surface area contributed by atoms with Gasteiger partial charge in [0.15, 0.2) is 0 Å². The molecule has 2 rings (SSSR count). The number of aromatic carboxylic acids is 1. The van der Waals surface area contributed by atoms with Crippen molar-refractivity contribution in [3.63, 3.8) is 0 Å². The van der Waals surface area contributed by atoms with E-state index in [0.29, 0.717) is 6.42 Å². The average Bonchev–Trinajstić information content (AvgIpc) is 2.34. The van der Waals surface area contributed by atoms with Gasteiger partial charge in [-0.05, 0) is 42.2 Å². The molecule has 0 atom stereocenters. The highest BCUT2D eigenvalue weighted by Crippen LogP contribution is 2.21. The van der Waals surface area contributed by atoms with Crippen LogP contribution in [0.25, 0.3) is 0 Å². The number of phenols is 1. The Morgan fingerprint density at radius 1 is 1.17 bits per heavy atom. The van der Waals surface area contributed by atoms with Crippen LogP contribution >= 0.6 is 0 Å². The molecule has 0 aromatic heterocycles. The average molecular weight is 242 g/mol. The third-order valence-electron chi connectivity index (χ3n) is 2.95. The Hall–Kier alpha value is -2.29. The Labute approximate surface area is 105 Å². The van der Waals surface area contributed by atoms with E-state index in [0.717, 1.165) is 11.1 Å². The van der Waals surface area contributed by atoms with Crippen molar-refractivity contribution < 1.29 is 15.0 Å². The number of carbonyl (C=O) groups is 1. The molecule has 0 spiro atoms. The van der Waals surface area contributed by atoms with Crippen molar-refractivity contribution in [2.75, 3.05) is 0 Å². The van der Waals surface area contributed by atoms with Gasteiger partial charge in [0.05, 0.1) is 0 Å². The van der Waals surface area contributed by atoms with Crippen LogP contribution in [0.1, 0.15) is 27.0 Å². The highest BCUT2D eigenvalue weighted by Gasteiger charge is 2.10. The molecule has 0 aliphatic heterocycles. The number of rotatable bonds is 3. The first-order valence-corrected chi connectivity index (χ1v) is 5.67. The molecule has 18 heavy (non-hydrogen) atoms. The second-order valence-corrected chi connectivity index (χ2v) is 4.26. The SMILES string of the molecule is Cc1ccccc1Cc1ccc(O)c(C(=O)O)c1. The van der Waals surface area contributed by atoms with E-state index in [1.807, 2.05) is 31.2 Å². The molecule has 92 valence electrons. The zero-order chi connectivity index (χ0) is 13.1. The summed E-state index contributed by atoms with van der Waals surface area (Å²) < 4.78 is 0. The van der Waals surface area contributed by atoms with E-state index in [-0.39, 0.29) is 11.3 Å². The van der Waals surface area contributed by atoms with Gasteiger partial charge in [0, 0.05) is 0 Å². The van der Waals surface area contributed by atoms with E-state index in [2.05, 4.69) is 0 Å². The third-order valence-corrected chi connectivity index (χ3v) is 2.95. The topological polar surface area (TPSA) is 57.5 Å². The first-order valence-electron chi connectivity index (χ1n) is 5.67. The minimum Gasteiger partial charge on any atom is -0.507 e. The molecule has 0 radical (unpaired) electrons. The van der Waals surface area contributed by atoms with Gasteiger partial charge in [-0.1, -0.05) is 30.3 Å². The normalized spacial score (nSPS) is 10.3. The van der Waals surface area contributed by atoms with Gasteiger partial charge in [-0.25, -0.2) is 4.79 Å². The summed E-state index contributed by atoms with van der Waals surface area (Å²) in [5.41, 5.74) is 3.14. The Morgan fingerprint density at radius 3 is 2.56 bits per heavy atom. The quantitative estimate of drug-likeness (QED) is 0.869. The highest BCUT2D eigenvalue weighted by atomic mass is 16.4. The fourth-order valence-corrected chi connectivity index (χ4v) is 1.89. The van der Waals surface area contributed by atoms with Crippen LogP contribution in [0, 0.1) is 6.92 Å². The zero-order valence-corrected chi connectivity index (χ0v) is 10.1. The van der Waals surface area contributed by atoms with Gasteiger partial charge in [-0.2, -0.15) is 0 Å². The van der Waals surface area contributed by atoms with Crippen LogP contribution < -0.4 is 0 Å². The minimum absolute atomic E-state index is 0.0546. The Balaban J connectivity index is 2.33. The number of benzene rings is 2. The third kappa shape index (κ3) is 2.51. The Kier molecular flexibility index (Phi) is 3.33. The van der Waals surface area contributed by atoms with Gasteiger partial charge in [-0.3, -0.25) is 0 Å². The van der Waals surface area contributed by atoms with E-state index >= 15 is 0 Å². The van der Waals surface area contributed by atoms with Gasteiger partial charge < -0.3 is 10.2 Å². The molecule has 0 aliphatic carbocycles. The molecule has 2 aromatic rings. The van der Waals surface area contributed by atoms with Crippen molar-refractivity contribution >= 4 is 5.97 Å². The maximum atomic E-state index is 10.9. The van der Waals surface area contributed by atoms with Crippen LogP contribution in [0.15, 0.2) is 42.5 Å². The van der Waals surface area contributed by atoms with Crippen LogP contribution in [0.3, 0.4) is 0 Å². The molecule has 0 fully saturated rings. The number of aryl methyl sites for hydroxylation is 1. The van der Waals surface area contributed by atoms with Gasteiger partial charge in [0.1, 0.15) is 11.3 Å². The second kappa shape index (κ2) is 4.92. The summed E-state index contributed by atoms with van der Waals surface area (Å²) in [7, 11) is 0. The lowest BCUT2D eigenvalue weighted by atomic mass is 9.99. The largest absolute Gasteiger partial charge is 0.507 e. The van der Waals surface area contributed by atoms with Crippen molar-refractivity contribution in [3.8, 4) is 5.75 Å². The van der Waals surface area contributed by atoms with Crippen molar-refractivity contribution in [2.45, 2.75) is 13.3 Å². The summed E-state index contributed by atoms with van der Waals surface area (Å²) in [4.78, 5) is 10.9. The maximum Gasteiger partial charge on any atom is 0.339 e. The highest BCUT2D eigenvalue weighted by molar-refractivity contribution is 5.90. The lowest BCUT2D eigenvalue weighted by Crippen LogP contribution is -1.99. The van der Waals surface area contributed by atoms with E-state index in [1.54, 1.807) is 6.07 Å². The van der Waals surface area contributed by atoms with E-state index in [9.17, 15) is 9.90 Å². The van der Waals surface area contributed by atoms with Crippen LogP contribution in [-0.2, 0) is 6.42 Å². The lowest BCUT2D eigenvalue weighted by molar-refractivity contribution is 0.0693. The van der Waals surface area contributed by atoms with Crippen LogP contribution in [0.4, 0.5) is 0 Å². The summed E-state index contributed by atoms with van der Waals surface area (Å²) in [5, 5.41) is 18.4. The summed E-state index contributed by atoms with van der Waals surface area (Å²) >= 11 is 0. The monoisotopic (exact) mass is 242 g/mol. The fourth-order valence-electron chi connectivity index (χ4n) is 1.89. The molecule has 3 heteroatoms. The maximum absolute atomic E-state index is 10.9. The molecule has 0 amide bonds. The fraction of sp³-hybridized carbons (Fsp3) is 0.133. The zero-order valence-electron chi connectivity index (χ0n) is 10.1. The van der Waals surface area contributed by atoms with Crippen molar-refractivity contribution in [1.29, 1.82) is 0 Å². The summed E-state index contributed by atoms with van der Waals surface area (Å²) in [6.45, 7) is 2.02. The van der Waals surface area contributed by atoms with Gasteiger partial charge >= 0.3 is 5.97 Å². The molecule has 0 saturated carbocycles. The molecular formula is C15H14O3. The smallest absolute Gasteiger partial charge is 0.339 e. The molecule has 0 bridgehead atoms. The first-order chi connectivity index (χ1) is 8.58. The Morgan fingerprint density at radius 2 is 1.89 bits per heavy atom. The summed E-state index contributed by atoms with van der Waals surface area (Å²) in [6, 6.07) is 12.7. The van der Waals surface area contributed by atoms with Gasteiger partial charge in [0.25, 0.3) is 0 Å². The molecule has 0 saturated heterocycles. The van der Waals surface area contributed by atoms with E-state index in [1.165, 1.54) is 17.7 Å². The van der Waals surface area contributed by atoms with Gasteiger partial charge in [-0.15, -0.1) is 0 Å². The van der Waals surface area contributed by atoms with E-state index < -0.39 is 5.97 Å². The predicted molar refractivity (Wildman–Crippen MR) is 69.1 cm³/mol. The number of hydrogen-bond donors (Lipinski definition) is 2. The van der Waals surface area contributed by atoms with Crippen molar-refractivity contribution in [3.05, 3.63) is 64.7 Å². The molecule has 0 heterocycles. The number of hydrogen-bond acceptors (Lipinski definition) is 2. The number of carboxylic acids is 1. The van der Waals surface area contributed by atoms with Crippen LogP contribution in [0.2, 0.25) is 0 Å². The standard InChI is InChI=1S/C15H14O3/c1-10-4-2-3-5-12(10)8-11-6-7-14(16)13(9-11)15(17)18/h2-7,9,16H,8H2,1H3,(H,17,18). The minimum atomic E-state index is -1.11. The lowest BCUT2D eigenvalue weighted by Gasteiger charge is -2.07. The Bertz CT molecular complexity index is 588. The van der Waals surface area contributed by atoms with Crippen LogP contribution in [0.5, 0.6) is 5.75 Å². The molecule has 3 nitrogen and oxygen atoms in total. The molecular weight excluding hydrogens is 228 g/mol. The second-order valence-electron chi connectivity index (χ2n) is 4.26. The summed E-state index contributed by atoms with van der Waals surface area (Å²) in [6.07, 6.45) is 0.660. The first kappa shape index (κ1) is 12.2. The predicted octanol–water partition coefficient (Wildman–Crippen LogP) is 2.99. The van der Waals surface area contributed by atoms with E-state index in [4.69, 9.17) is 5.11 Å². The van der Waals surface area contributed by atoms with Crippen molar-refractivity contribution in [2.24, 2.45) is 0 Å². The summed E-state index contributed by atoms with van der Waals surface area (Å²) in [5.74, 6) is -1.31. The number of aromatic hydroxyl groups is 1. The number of carboxylic acid groups (broad SMARTS) is 1.